The van der Waals surface area contributed by atoms with Crippen LogP contribution in [0.25, 0.3) is 11.0 Å². The van der Waals surface area contributed by atoms with E-state index in [0.717, 1.165) is 47.5 Å². The number of benzene rings is 2. The zero-order chi connectivity index (χ0) is 14.8. The van der Waals surface area contributed by atoms with Crippen molar-refractivity contribution >= 4 is 16.7 Å². The number of halogens is 1. The summed E-state index contributed by atoms with van der Waals surface area (Å²) in [5.74, 6) is 0.748. The number of anilines is 1. The molecule has 2 N–H and O–H groups in total. The smallest absolute Gasteiger partial charge is 0.125 e. The minimum atomic E-state index is -0.226. The first-order valence-corrected chi connectivity index (χ1v) is 7.17. The second kappa shape index (κ2) is 5.56. The van der Waals surface area contributed by atoms with Gasteiger partial charge in [0.05, 0.1) is 11.0 Å². The van der Waals surface area contributed by atoms with Gasteiger partial charge >= 0.3 is 0 Å². The SMILES string of the molecule is CCn1c(CCc2ccccc2N)nc2ccc(F)cc21. The molecule has 1 heterocycles. The zero-order valence-corrected chi connectivity index (χ0v) is 12.0. The van der Waals surface area contributed by atoms with Crippen molar-refractivity contribution in [1.82, 2.24) is 9.55 Å². The van der Waals surface area contributed by atoms with Crippen LogP contribution in [0.5, 0.6) is 0 Å². The first kappa shape index (κ1) is 13.6. The van der Waals surface area contributed by atoms with Gasteiger partial charge < -0.3 is 10.3 Å². The molecule has 2 aromatic carbocycles. The van der Waals surface area contributed by atoms with E-state index in [9.17, 15) is 4.39 Å². The molecule has 0 unspecified atom stereocenters. The number of imidazole rings is 1. The van der Waals surface area contributed by atoms with Crippen LogP contribution in [0, 0.1) is 5.82 Å². The van der Waals surface area contributed by atoms with Gasteiger partial charge in [0.1, 0.15) is 11.6 Å². The van der Waals surface area contributed by atoms with E-state index in [1.54, 1.807) is 12.1 Å². The van der Waals surface area contributed by atoms with Crippen LogP contribution in [0.15, 0.2) is 42.5 Å². The largest absolute Gasteiger partial charge is 0.399 e. The highest BCUT2D eigenvalue weighted by Crippen LogP contribution is 2.20. The van der Waals surface area contributed by atoms with Gasteiger partial charge in [-0.3, -0.25) is 0 Å². The number of aromatic nitrogens is 2. The second-order valence-corrected chi connectivity index (χ2v) is 5.10. The van der Waals surface area contributed by atoms with Gasteiger partial charge in [-0.2, -0.15) is 0 Å². The van der Waals surface area contributed by atoms with Crippen LogP contribution in [0.1, 0.15) is 18.3 Å². The Balaban J connectivity index is 1.92. The van der Waals surface area contributed by atoms with E-state index in [0.29, 0.717) is 0 Å². The average Bonchev–Trinajstić information content (AvgIpc) is 2.83. The Morgan fingerprint density at radius 2 is 1.95 bits per heavy atom. The highest BCUT2D eigenvalue weighted by Gasteiger charge is 2.11. The fourth-order valence-electron chi connectivity index (χ4n) is 2.70. The number of fused-ring (bicyclic) bond motifs is 1. The van der Waals surface area contributed by atoms with Crippen LogP contribution < -0.4 is 5.73 Å². The molecule has 0 spiro atoms. The normalized spacial score (nSPS) is 11.1. The molecule has 0 aliphatic carbocycles. The van der Waals surface area contributed by atoms with Gasteiger partial charge in [-0.05, 0) is 43.2 Å². The molecule has 0 fully saturated rings. The maximum atomic E-state index is 13.4. The number of aryl methyl sites for hydroxylation is 3. The Morgan fingerprint density at radius 1 is 1.14 bits per heavy atom. The molecule has 0 aliphatic rings. The summed E-state index contributed by atoms with van der Waals surface area (Å²) in [6.45, 7) is 2.83. The first-order valence-electron chi connectivity index (χ1n) is 7.17. The summed E-state index contributed by atoms with van der Waals surface area (Å²) in [6, 6.07) is 12.6. The van der Waals surface area contributed by atoms with Gasteiger partial charge in [-0.1, -0.05) is 18.2 Å². The molecule has 3 nitrogen and oxygen atoms in total. The molecule has 0 saturated heterocycles. The summed E-state index contributed by atoms with van der Waals surface area (Å²) < 4.78 is 15.5. The monoisotopic (exact) mass is 283 g/mol. The van der Waals surface area contributed by atoms with E-state index in [-0.39, 0.29) is 5.82 Å². The minimum absolute atomic E-state index is 0.226. The number of nitrogens with zero attached hydrogens (tertiary/aromatic N) is 2. The van der Waals surface area contributed by atoms with Gasteiger partial charge in [0.25, 0.3) is 0 Å². The summed E-state index contributed by atoms with van der Waals surface area (Å²) in [5, 5.41) is 0. The highest BCUT2D eigenvalue weighted by molar-refractivity contribution is 5.76. The summed E-state index contributed by atoms with van der Waals surface area (Å²) in [4.78, 5) is 4.62. The van der Waals surface area contributed by atoms with Gasteiger partial charge in [-0.15, -0.1) is 0 Å². The number of hydrogen-bond acceptors (Lipinski definition) is 2. The lowest BCUT2D eigenvalue weighted by Crippen LogP contribution is -2.04. The van der Waals surface area contributed by atoms with E-state index in [1.807, 2.05) is 31.2 Å². The minimum Gasteiger partial charge on any atom is -0.399 e. The lowest BCUT2D eigenvalue weighted by Gasteiger charge is -2.07. The van der Waals surface area contributed by atoms with Crippen molar-refractivity contribution in [3.05, 3.63) is 59.7 Å². The molecule has 3 rings (SSSR count). The molecule has 0 amide bonds. The van der Waals surface area contributed by atoms with Crippen LogP contribution >= 0.6 is 0 Å². The number of hydrogen-bond donors (Lipinski definition) is 1. The van der Waals surface area contributed by atoms with E-state index >= 15 is 0 Å². The Kier molecular flexibility index (Phi) is 3.60. The highest BCUT2D eigenvalue weighted by atomic mass is 19.1. The van der Waals surface area contributed by atoms with E-state index in [4.69, 9.17) is 5.73 Å². The Morgan fingerprint density at radius 3 is 2.71 bits per heavy atom. The fourth-order valence-corrected chi connectivity index (χ4v) is 2.70. The summed E-state index contributed by atoms with van der Waals surface area (Å²) >= 11 is 0. The molecule has 21 heavy (non-hydrogen) atoms. The quantitative estimate of drug-likeness (QED) is 0.744. The average molecular weight is 283 g/mol. The summed E-state index contributed by atoms with van der Waals surface area (Å²) in [5.41, 5.74) is 9.60. The van der Waals surface area contributed by atoms with Crippen molar-refractivity contribution < 1.29 is 4.39 Å². The van der Waals surface area contributed by atoms with Gasteiger partial charge in [0.2, 0.25) is 0 Å². The van der Waals surface area contributed by atoms with Crippen molar-refractivity contribution in [2.75, 3.05) is 5.73 Å². The van der Waals surface area contributed by atoms with Crippen molar-refractivity contribution in [1.29, 1.82) is 0 Å². The molecular formula is C17H18FN3. The van der Waals surface area contributed by atoms with Gasteiger partial charge in [0, 0.05) is 18.7 Å². The van der Waals surface area contributed by atoms with Crippen LogP contribution in [-0.2, 0) is 19.4 Å². The van der Waals surface area contributed by atoms with Crippen molar-refractivity contribution in [2.45, 2.75) is 26.3 Å². The Bertz CT molecular complexity index is 777. The molecule has 108 valence electrons. The zero-order valence-electron chi connectivity index (χ0n) is 12.0. The van der Waals surface area contributed by atoms with Gasteiger partial charge in [-0.25, -0.2) is 9.37 Å². The maximum absolute atomic E-state index is 13.4. The molecule has 0 saturated carbocycles. The van der Waals surface area contributed by atoms with Crippen LogP contribution in [-0.4, -0.2) is 9.55 Å². The third-order valence-electron chi connectivity index (χ3n) is 3.78. The summed E-state index contributed by atoms with van der Waals surface area (Å²) in [6.07, 6.45) is 1.62. The number of rotatable bonds is 4. The summed E-state index contributed by atoms with van der Waals surface area (Å²) in [7, 11) is 0. The van der Waals surface area contributed by atoms with Crippen molar-refractivity contribution in [3.8, 4) is 0 Å². The molecule has 0 atom stereocenters. The predicted octanol–water partition coefficient (Wildman–Crippen LogP) is 3.56. The lowest BCUT2D eigenvalue weighted by molar-refractivity contribution is 0.627. The van der Waals surface area contributed by atoms with Gasteiger partial charge in [0.15, 0.2) is 0 Å². The molecular weight excluding hydrogens is 265 g/mol. The van der Waals surface area contributed by atoms with Crippen molar-refractivity contribution in [3.63, 3.8) is 0 Å². The number of nitrogen functional groups attached to an aromatic ring is 1. The molecule has 0 aliphatic heterocycles. The van der Waals surface area contributed by atoms with E-state index in [2.05, 4.69) is 9.55 Å². The maximum Gasteiger partial charge on any atom is 0.125 e. The fraction of sp³-hybridized carbons (Fsp3) is 0.235. The second-order valence-electron chi connectivity index (χ2n) is 5.10. The van der Waals surface area contributed by atoms with E-state index < -0.39 is 0 Å². The Hall–Kier alpha value is -2.36. The predicted molar refractivity (Wildman–Crippen MR) is 83.6 cm³/mol. The van der Waals surface area contributed by atoms with Crippen LogP contribution in [0.2, 0.25) is 0 Å². The first-order chi connectivity index (χ1) is 10.2. The van der Waals surface area contributed by atoms with Crippen LogP contribution in [0.3, 0.4) is 0 Å². The molecule has 4 heteroatoms. The molecule has 0 radical (unpaired) electrons. The van der Waals surface area contributed by atoms with Crippen LogP contribution in [0.4, 0.5) is 10.1 Å². The number of nitrogens with two attached hydrogens (primary N) is 1. The Labute approximate surface area is 123 Å². The standard InChI is InChI=1S/C17H18FN3/c1-2-21-16-11-13(18)8-9-15(16)20-17(21)10-7-12-5-3-4-6-14(12)19/h3-6,8-9,11H,2,7,10,19H2,1H3. The third kappa shape index (κ3) is 2.61. The topological polar surface area (TPSA) is 43.8 Å². The molecule has 0 bridgehead atoms. The third-order valence-corrected chi connectivity index (χ3v) is 3.78. The number of para-hydroxylation sites is 1. The van der Waals surface area contributed by atoms with E-state index in [1.165, 1.54) is 6.07 Å². The lowest BCUT2D eigenvalue weighted by atomic mass is 10.1. The van der Waals surface area contributed by atoms with Crippen molar-refractivity contribution in [2.24, 2.45) is 0 Å². The molecule has 1 aromatic heterocycles. The molecule has 3 aromatic rings.